The quantitative estimate of drug-likeness (QED) is 0.908. The van der Waals surface area contributed by atoms with Crippen LogP contribution in [0.2, 0.25) is 0 Å². The molecule has 5 heteroatoms. The van der Waals surface area contributed by atoms with E-state index in [1.165, 1.54) is 24.1 Å². The Morgan fingerprint density at radius 2 is 1.85 bits per heavy atom. The number of hydrogen-bond donors (Lipinski definition) is 1. The van der Waals surface area contributed by atoms with Gasteiger partial charge >= 0.3 is 0 Å². The van der Waals surface area contributed by atoms with E-state index >= 15 is 0 Å². The summed E-state index contributed by atoms with van der Waals surface area (Å²) in [5, 5.41) is 3.37. The van der Waals surface area contributed by atoms with Crippen molar-refractivity contribution in [2.24, 2.45) is 0 Å². The standard InChI is InChI=1S/C15H24N4O/c1-11(2)20-14-12-5-3-4-6-13(12)17-15(18-14)19-9-7-16-8-10-19/h11,16H,3-10H2,1-2H3. The van der Waals surface area contributed by atoms with E-state index in [-0.39, 0.29) is 6.10 Å². The largest absolute Gasteiger partial charge is 0.475 e. The Balaban J connectivity index is 1.94. The molecule has 1 saturated heterocycles. The molecule has 0 unspecified atom stereocenters. The van der Waals surface area contributed by atoms with Crippen molar-refractivity contribution in [2.75, 3.05) is 31.1 Å². The van der Waals surface area contributed by atoms with Crippen LogP contribution in [0.4, 0.5) is 5.95 Å². The third-order valence-corrected chi connectivity index (χ3v) is 3.88. The normalized spacial score (nSPS) is 19.1. The van der Waals surface area contributed by atoms with Gasteiger partial charge in [0.1, 0.15) is 0 Å². The molecule has 0 bridgehead atoms. The molecular weight excluding hydrogens is 252 g/mol. The number of piperazine rings is 1. The van der Waals surface area contributed by atoms with Gasteiger partial charge in [0.25, 0.3) is 0 Å². The second kappa shape index (κ2) is 5.95. The van der Waals surface area contributed by atoms with E-state index in [4.69, 9.17) is 14.7 Å². The lowest BCUT2D eigenvalue weighted by Crippen LogP contribution is -2.44. The highest BCUT2D eigenvalue weighted by molar-refractivity contribution is 5.42. The molecule has 1 aromatic heterocycles. The van der Waals surface area contributed by atoms with Gasteiger partial charge in [-0.15, -0.1) is 0 Å². The maximum Gasteiger partial charge on any atom is 0.228 e. The number of nitrogens with one attached hydrogen (secondary N) is 1. The Hall–Kier alpha value is -1.36. The van der Waals surface area contributed by atoms with Crippen molar-refractivity contribution in [3.8, 4) is 5.88 Å². The molecular formula is C15H24N4O. The first-order valence-corrected chi connectivity index (χ1v) is 7.76. The monoisotopic (exact) mass is 276 g/mol. The van der Waals surface area contributed by atoms with Crippen LogP contribution >= 0.6 is 0 Å². The van der Waals surface area contributed by atoms with Crippen LogP contribution in [0.15, 0.2) is 0 Å². The highest BCUT2D eigenvalue weighted by Gasteiger charge is 2.22. The molecule has 0 radical (unpaired) electrons. The predicted molar refractivity (Wildman–Crippen MR) is 79.5 cm³/mol. The Bertz CT molecular complexity index is 469. The molecule has 1 aliphatic heterocycles. The van der Waals surface area contributed by atoms with Gasteiger partial charge in [-0.25, -0.2) is 4.98 Å². The molecule has 20 heavy (non-hydrogen) atoms. The lowest BCUT2D eigenvalue weighted by atomic mass is 9.97. The molecule has 3 rings (SSSR count). The van der Waals surface area contributed by atoms with Crippen molar-refractivity contribution in [2.45, 2.75) is 45.6 Å². The van der Waals surface area contributed by atoms with Crippen molar-refractivity contribution in [3.63, 3.8) is 0 Å². The smallest absolute Gasteiger partial charge is 0.228 e. The molecule has 1 N–H and O–H groups in total. The van der Waals surface area contributed by atoms with Gasteiger partial charge in [0.05, 0.1) is 11.8 Å². The van der Waals surface area contributed by atoms with E-state index in [0.717, 1.165) is 50.8 Å². The van der Waals surface area contributed by atoms with E-state index in [0.29, 0.717) is 0 Å². The van der Waals surface area contributed by atoms with Crippen LogP contribution in [0.3, 0.4) is 0 Å². The summed E-state index contributed by atoms with van der Waals surface area (Å²) in [4.78, 5) is 11.8. The first kappa shape index (κ1) is 13.6. The summed E-state index contributed by atoms with van der Waals surface area (Å²) in [5.41, 5.74) is 2.44. The number of ether oxygens (including phenoxy) is 1. The van der Waals surface area contributed by atoms with Crippen molar-refractivity contribution >= 4 is 5.95 Å². The lowest BCUT2D eigenvalue weighted by molar-refractivity contribution is 0.228. The molecule has 0 amide bonds. The van der Waals surface area contributed by atoms with Crippen LogP contribution < -0.4 is 15.0 Å². The van der Waals surface area contributed by atoms with Gasteiger partial charge < -0.3 is 15.0 Å². The maximum atomic E-state index is 5.95. The van der Waals surface area contributed by atoms with Gasteiger partial charge in [-0.1, -0.05) is 0 Å². The molecule has 0 spiro atoms. The Morgan fingerprint density at radius 3 is 2.60 bits per heavy atom. The number of aryl methyl sites for hydroxylation is 1. The molecule has 110 valence electrons. The number of anilines is 1. The van der Waals surface area contributed by atoms with Gasteiger partial charge in [-0.3, -0.25) is 0 Å². The minimum absolute atomic E-state index is 0.159. The predicted octanol–water partition coefficient (Wildman–Crippen LogP) is 1.55. The Morgan fingerprint density at radius 1 is 1.10 bits per heavy atom. The third-order valence-electron chi connectivity index (χ3n) is 3.88. The molecule has 5 nitrogen and oxygen atoms in total. The number of rotatable bonds is 3. The zero-order chi connectivity index (χ0) is 13.9. The fraction of sp³-hybridized carbons (Fsp3) is 0.733. The van der Waals surface area contributed by atoms with Crippen LogP contribution in [0, 0.1) is 0 Å². The van der Waals surface area contributed by atoms with Crippen LogP contribution in [-0.4, -0.2) is 42.3 Å². The van der Waals surface area contributed by atoms with Crippen molar-refractivity contribution in [3.05, 3.63) is 11.3 Å². The minimum Gasteiger partial charge on any atom is -0.475 e. The fourth-order valence-electron chi connectivity index (χ4n) is 2.87. The summed E-state index contributed by atoms with van der Waals surface area (Å²) in [7, 11) is 0. The summed E-state index contributed by atoms with van der Waals surface area (Å²) < 4.78 is 5.95. The highest BCUT2D eigenvalue weighted by atomic mass is 16.5. The van der Waals surface area contributed by atoms with E-state index in [2.05, 4.69) is 24.1 Å². The summed E-state index contributed by atoms with van der Waals surface area (Å²) >= 11 is 0. The van der Waals surface area contributed by atoms with E-state index in [1.807, 2.05) is 0 Å². The van der Waals surface area contributed by atoms with Gasteiger partial charge in [0.2, 0.25) is 11.8 Å². The first-order chi connectivity index (χ1) is 9.74. The van der Waals surface area contributed by atoms with Gasteiger partial charge in [0.15, 0.2) is 0 Å². The zero-order valence-corrected chi connectivity index (χ0v) is 12.5. The first-order valence-electron chi connectivity index (χ1n) is 7.76. The fourth-order valence-corrected chi connectivity index (χ4v) is 2.87. The Kier molecular flexibility index (Phi) is 4.05. The van der Waals surface area contributed by atoms with E-state index < -0.39 is 0 Å². The molecule has 2 heterocycles. The van der Waals surface area contributed by atoms with Gasteiger partial charge in [-0.2, -0.15) is 4.98 Å². The van der Waals surface area contributed by atoms with Gasteiger partial charge in [0, 0.05) is 31.7 Å². The van der Waals surface area contributed by atoms with Crippen molar-refractivity contribution < 1.29 is 4.74 Å². The molecule has 0 atom stereocenters. The summed E-state index contributed by atoms with van der Waals surface area (Å²) in [6.07, 6.45) is 4.72. The van der Waals surface area contributed by atoms with Crippen molar-refractivity contribution in [1.29, 1.82) is 0 Å². The summed E-state index contributed by atoms with van der Waals surface area (Å²) in [6, 6.07) is 0. The maximum absolute atomic E-state index is 5.95. The summed E-state index contributed by atoms with van der Waals surface area (Å²) in [5.74, 6) is 1.67. The van der Waals surface area contributed by atoms with Gasteiger partial charge in [-0.05, 0) is 39.5 Å². The van der Waals surface area contributed by atoms with Crippen LogP contribution in [0.5, 0.6) is 5.88 Å². The molecule has 0 saturated carbocycles. The average molecular weight is 276 g/mol. The molecule has 1 aliphatic carbocycles. The average Bonchev–Trinajstić information content (AvgIpc) is 2.47. The van der Waals surface area contributed by atoms with Crippen LogP contribution in [-0.2, 0) is 12.8 Å². The molecule has 0 aromatic carbocycles. The molecule has 1 fully saturated rings. The second-order valence-corrected chi connectivity index (χ2v) is 5.86. The molecule has 1 aromatic rings. The second-order valence-electron chi connectivity index (χ2n) is 5.86. The number of hydrogen-bond acceptors (Lipinski definition) is 5. The third kappa shape index (κ3) is 2.87. The SMILES string of the molecule is CC(C)Oc1nc(N2CCNCC2)nc2c1CCCC2. The number of nitrogens with zero attached hydrogens (tertiary/aromatic N) is 3. The zero-order valence-electron chi connectivity index (χ0n) is 12.5. The topological polar surface area (TPSA) is 50.3 Å². The van der Waals surface area contributed by atoms with Crippen LogP contribution in [0.25, 0.3) is 0 Å². The summed E-state index contributed by atoms with van der Waals surface area (Å²) in [6.45, 7) is 8.06. The lowest BCUT2D eigenvalue weighted by Gasteiger charge is -2.29. The molecule has 2 aliphatic rings. The minimum atomic E-state index is 0.159. The Labute approximate surface area is 120 Å². The van der Waals surface area contributed by atoms with E-state index in [9.17, 15) is 0 Å². The van der Waals surface area contributed by atoms with E-state index in [1.54, 1.807) is 0 Å². The highest BCUT2D eigenvalue weighted by Crippen LogP contribution is 2.29. The number of fused-ring (bicyclic) bond motifs is 1. The van der Waals surface area contributed by atoms with Crippen LogP contribution in [0.1, 0.15) is 37.9 Å². The van der Waals surface area contributed by atoms with Crippen molar-refractivity contribution in [1.82, 2.24) is 15.3 Å². The number of aromatic nitrogens is 2.